The number of likely N-dealkylation sites (N-methyl/N-ethyl adjacent to an activating group) is 1. The van der Waals surface area contributed by atoms with Gasteiger partial charge in [-0.05, 0) is 44.4 Å². The molecule has 1 saturated carbocycles. The van der Waals surface area contributed by atoms with E-state index < -0.39 is 17.2 Å². The Balaban J connectivity index is 1.33. The number of hydrogen-bond donors (Lipinski definition) is 0. The van der Waals surface area contributed by atoms with Crippen LogP contribution in [0.5, 0.6) is 0 Å². The Morgan fingerprint density at radius 3 is 2.94 bits per heavy atom. The SMILES string of the molecule is CO[C@@H]1COCC[C@@H]1N(C)[C@@H]1C[C@H]2OCC[C@@]2(C(=O)N2CCc3ncc(C(F)(F)F)cc3C2)C1. The van der Waals surface area contributed by atoms with E-state index in [1.807, 2.05) is 0 Å². The van der Waals surface area contributed by atoms with Crippen molar-refractivity contribution in [2.45, 2.75) is 69.1 Å². The summed E-state index contributed by atoms with van der Waals surface area (Å²) in [5, 5.41) is 0. The fourth-order valence-electron chi connectivity index (χ4n) is 6.36. The lowest BCUT2D eigenvalue weighted by molar-refractivity contribution is -0.145. The van der Waals surface area contributed by atoms with Crippen LogP contribution in [0, 0.1) is 5.41 Å². The maximum absolute atomic E-state index is 13.9. The second-order valence-corrected chi connectivity index (χ2v) is 10.0. The number of nitrogens with zero attached hydrogens (tertiary/aromatic N) is 3. The number of alkyl halides is 3. The molecule has 2 saturated heterocycles. The molecule has 0 N–H and O–H groups in total. The monoisotopic (exact) mass is 483 g/mol. The van der Waals surface area contributed by atoms with Crippen molar-refractivity contribution in [3.05, 3.63) is 29.1 Å². The number of pyridine rings is 1. The van der Waals surface area contributed by atoms with Gasteiger partial charge >= 0.3 is 6.18 Å². The second kappa shape index (κ2) is 9.04. The Kier molecular flexibility index (Phi) is 6.37. The zero-order valence-corrected chi connectivity index (χ0v) is 19.6. The predicted octanol–water partition coefficient (Wildman–Crippen LogP) is 2.66. The van der Waals surface area contributed by atoms with Crippen molar-refractivity contribution in [2.24, 2.45) is 5.41 Å². The summed E-state index contributed by atoms with van der Waals surface area (Å²) in [4.78, 5) is 22.0. The van der Waals surface area contributed by atoms with Gasteiger partial charge in [0, 0.05) is 63.8 Å². The molecule has 34 heavy (non-hydrogen) atoms. The third-order valence-corrected chi connectivity index (χ3v) is 8.32. The van der Waals surface area contributed by atoms with Gasteiger partial charge in [-0.3, -0.25) is 14.7 Å². The molecule has 1 aromatic heterocycles. The van der Waals surface area contributed by atoms with Gasteiger partial charge in [-0.1, -0.05) is 0 Å². The lowest BCUT2D eigenvalue weighted by Gasteiger charge is -2.41. The standard InChI is InChI=1S/C24H32F3N3O4/c1-29(19-4-7-33-14-20(19)32-2)17-10-21-23(11-17,5-8-34-21)22(31)30-6-3-18-15(13-30)9-16(12-28-18)24(25,26)27/h9,12,17,19-21H,3-8,10-11,13-14H2,1-2H3/t17-,19+,20-,21-,23-/m1/s1. The number of halogens is 3. The number of ether oxygens (including phenoxy) is 3. The minimum atomic E-state index is -4.45. The fraction of sp³-hybridized carbons (Fsp3) is 0.750. The Morgan fingerprint density at radius 2 is 2.18 bits per heavy atom. The smallest absolute Gasteiger partial charge is 0.379 e. The van der Waals surface area contributed by atoms with Crippen LogP contribution in [0.15, 0.2) is 12.3 Å². The molecule has 4 aliphatic rings. The first-order valence-electron chi connectivity index (χ1n) is 12.0. The average Bonchev–Trinajstić information content (AvgIpc) is 3.40. The minimum Gasteiger partial charge on any atom is -0.379 e. The summed E-state index contributed by atoms with van der Waals surface area (Å²) >= 11 is 0. The van der Waals surface area contributed by atoms with E-state index in [1.54, 1.807) is 12.0 Å². The quantitative estimate of drug-likeness (QED) is 0.656. The molecule has 0 bridgehead atoms. The zero-order valence-electron chi connectivity index (χ0n) is 19.6. The minimum absolute atomic E-state index is 0.00392. The molecule has 5 atom stereocenters. The number of rotatable bonds is 4. The van der Waals surface area contributed by atoms with Crippen LogP contribution < -0.4 is 0 Å². The van der Waals surface area contributed by atoms with Crippen molar-refractivity contribution < 1.29 is 32.2 Å². The summed E-state index contributed by atoms with van der Waals surface area (Å²) in [6.45, 7) is 2.40. The average molecular weight is 484 g/mol. The van der Waals surface area contributed by atoms with Gasteiger partial charge in [0.05, 0.1) is 29.8 Å². The first-order valence-corrected chi connectivity index (χ1v) is 12.0. The number of hydrogen-bond acceptors (Lipinski definition) is 6. The van der Waals surface area contributed by atoms with E-state index in [0.29, 0.717) is 56.9 Å². The third kappa shape index (κ3) is 4.12. The van der Waals surface area contributed by atoms with Crippen LogP contribution in [0.2, 0.25) is 0 Å². The van der Waals surface area contributed by atoms with Crippen LogP contribution in [0.3, 0.4) is 0 Å². The van der Waals surface area contributed by atoms with Crippen LogP contribution in [-0.4, -0.2) is 85.5 Å². The molecule has 0 aromatic carbocycles. The molecule has 1 amide bonds. The van der Waals surface area contributed by atoms with Gasteiger partial charge in [0.1, 0.15) is 0 Å². The molecule has 3 fully saturated rings. The van der Waals surface area contributed by atoms with Gasteiger partial charge in [-0.15, -0.1) is 0 Å². The van der Waals surface area contributed by atoms with Gasteiger partial charge in [-0.2, -0.15) is 13.2 Å². The molecule has 0 radical (unpaired) electrons. The molecule has 188 valence electrons. The highest BCUT2D eigenvalue weighted by atomic mass is 19.4. The number of methoxy groups -OCH3 is 1. The van der Waals surface area contributed by atoms with Crippen molar-refractivity contribution in [1.82, 2.24) is 14.8 Å². The Bertz CT molecular complexity index is 929. The van der Waals surface area contributed by atoms with Crippen LogP contribution in [0.25, 0.3) is 0 Å². The maximum Gasteiger partial charge on any atom is 0.417 e. The predicted molar refractivity (Wildman–Crippen MR) is 116 cm³/mol. The van der Waals surface area contributed by atoms with E-state index in [4.69, 9.17) is 14.2 Å². The molecule has 1 aromatic rings. The van der Waals surface area contributed by atoms with Crippen LogP contribution in [0.4, 0.5) is 13.2 Å². The summed E-state index contributed by atoms with van der Waals surface area (Å²) in [7, 11) is 3.79. The maximum atomic E-state index is 13.9. The summed E-state index contributed by atoms with van der Waals surface area (Å²) in [5.74, 6) is 0.00392. The molecule has 4 heterocycles. The normalized spacial score (nSPS) is 33.8. The number of aromatic nitrogens is 1. The van der Waals surface area contributed by atoms with E-state index in [0.717, 1.165) is 25.1 Å². The van der Waals surface area contributed by atoms with Crippen LogP contribution in [-0.2, 0) is 38.1 Å². The van der Waals surface area contributed by atoms with E-state index in [2.05, 4.69) is 16.9 Å². The molecular weight excluding hydrogens is 451 g/mol. The summed E-state index contributed by atoms with van der Waals surface area (Å²) in [5.41, 5.74) is -0.271. The number of amides is 1. The zero-order chi connectivity index (χ0) is 24.1. The summed E-state index contributed by atoms with van der Waals surface area (Å²) in [6, 6.07) is 1.53. The molecule has 0 unspecified atom stereocenters. The molecule has 1 aliphatic carbocycles. The van der Waals surface area contributed by atoms with Crippen molar-refractivity contribution in [1.29, 1.82) is 0 Å². The highest BCUT2D eigenvalue weighted by Gasteiger charge is 2.58. The first kappa shape index (κ1) is 24.0. The van der Waals surface area contributed by atoms with E-state index in [1.165, 1.54) is 0 Å². The molecular formula is C24H32F3N3O4. The molecule has 0 spiro atoms. The van der Waals surface area contributed by atoms with Gasteiger partial charge in [-0.25, -0.2) is 0 Å². The summed E-state index contributed by atoms with van der Waals surface area (Å²) in [6.07, 6.45) is -0.327. The fourth-order valence-corrected chi connectivity index (χ4v) is 6.36. The van der Waals surface area contributed by atoms with Crippen molar-refractivity contribution >= 4 is 5.91 Å². The highest BCUT2D eigenvalue weighted by molar-refractivity contribution is 5.84. The second-order valence-electron chi connectivity index (χ2n) is 10.0. The Hall–Kier alpha value is -1.75. The van der Waals surface area contributed by atoms with Gasteiger partial charge in [0.25, 0.3) is 0 Å². The Labute approximate surface area is 197 Å². The van der Waals surface area contributed by atoms with E-state index >= 15 is 0 Å². The highest BCUT2D eigenvalue weighted by Crippen LogP contribution is 2.51. The van der Waals surface area contributed by atoms with Crippen molar-refractivity contribution in [2.75, 3.05) is 40.5 Å². The van der Waals surface area contributed by atoms with E-state index in [-0.39, 0.29) is 36.7 Å². The molecule has 5 rings (SSSR count). The van der Waals surface area contributed by atoms with Crippen molar-refractivity contribution in [3.8, 4) is 0 Å². The third-order valence-electron chi connectivity index (χ3n) is 8.32. The Morgan fingerprint density at radius 1 is 1.35 bits per heavy atom. The first-order chi connectivity index (χ1) is 16.2. The molecule has 10 heteroatoms. The van der Waals surface area contributed by atoms with E-state index in [9.17, 15) is 18.0 Å². The molecule has 3 aliphatic heterocycles. The van der Waals surface area contributed by atoms with Crippen LogP contribution >= 0.6 is 0 Å². The van der Waals surface area contributed by atoms with Gasteiger partial charge in [0.2, 0.25) is 5.91 Å². The van der Waals surface area contributed by atoms with Crippen molar-refractivity contribution in [3.63, 3.8) is 0 Å². The van der Waals surface area contributed by atoms with Crippen LogP contribution in [0.1, 0.15) is 42.5 Å². The topological polar surface area (TPSA) is 64.1 Å². The van der Waals surface area contributed by atoms with Gasteiger partial charge < -0.3 is 19.1 Å². The number of carbonyl (C=O) groups excluding carboxylic acids is 1. The number of carbonyl (C=O) groups is 1. The lowest BCUT2D eigenvalue weighted by Crippen LogP contribution is -2.52. The lowest BCUT2D eigenvalue weighted by atomic mass is 9.80. The summed E-state index contributed by atoms with van der Waals surface area (Å²) < 4.78 is 56.9. The number of fused-ring (bicyclic) bond motifs is 2. The molecule has 7 nitrogen and oxygen atoms in total. The largest absolute Gasteiger partial charge is 0.417 e. The van der Waals surface area contributed by atoms with Gasteiger partial charge in [0.15, 0.2) is 0 Å².